The lowest BCUT2D eigenvalue weighted by atomic mass is 10.0. The summed E-state index contributed by atoms with van der Waals surface area (Å²) in [5.41, 5.74) is 0. The number of hydrogen-bond donors (Lipinski definition) is 1. The van der Waals surface area contributed by atoms with Crippen LogP contribution < -0.4 is 5.32 Å². The first-order valence-corrected chi connectivity index (χ1v) is 6.78. The summed E-state index contributed by atoms with van der Waals surface area (Å²) in [5.74, 6) is 0.279. The van der Waals surface area contributed by atoms with E-state index in [1.54, 1.807) is 0 Å². The molecule has 1 heterocycles. The summed E-state index contributed by atoms with van der Waals surface area (Å²) in [4.78, 5) is 11.6. The highest BCUT2D eigenvalue weighted by Gasteiger charge is 2.20. The summed E-state index contributed by atoms with van der Waals surface area (Å²) in [7, 11) is 0. The Kier molecular flexibility index (Phi) is 6.51. The molecule has 1 aliphatic rings. The fourth-order valence-electron chi connectivity index (χ4n) is 1.52. The largest absolute Gasteiger partial charge is 0.381 e. The molecular formula is C10H18INO2. The third-order valence-corrected chi connectivity index (χ3v) is 3.15. The lowest BCUT2D eigenvalue weighted by Gasteiger charge is -2.21. The van der Waals surface area contributed by atoms with Gasteiger partial charge in [-0.1, -0.05) is 22.6 Å². The molecule has 0 radical (unpaired) electrons. The van der Waals surface area contributed by atoms with Crippen molar-refractivity contribution in [3.05, 3.63) is 0 Å². The van der Waals surface area contributed by atoms with E-state index >= 15 is 0 Å². The number of halogens is 1. The molecule has 1 rings (SSSR count). The molecule has 1 atom stereocenters. The predicted molar refractivity (Wildman–Crippen MR) is 64.7 cm³/mol. The maximum atomic E-state index is 11.6. The molecule has 0 aliphatic carbocycles. The van der Waals surface area contributed by atoms with Crippen LogP contribution in [-0.2, 0) is 9.53 Å². The minimum absolute atomic E-state index is 0.100. The quantitative estimate of drug-likeness (QED) is 0.477. The molecular weight excluding hydrogens is 293 g/mol. The third-order valence-electron chi connectivity index (χ3n) is 2.39. The Balaban J connectivity index is 2.07. The zero-order chi connectivity index (χ0) is 10.2. The van der Waals surface area contributed by atoms with Crippen LogP contribution in [0.15, 0.2) is 0 Å². The number of alkyl halides is 1. The zero-order valence-corrected chi connectivity index (χ0v) is 10.6. The summed E-state index contributed by atoms with van der Waals surface area (Å²) in [6.45, 7) is 2.25. The number of carbonyl (C=O) groups is 1. The highest BCUT2D eigenvalue weighted by Crippen LogP contribution is 2.13. The second-order valence-electron chi connectivity index (χ2n) is 3.60. The number of unbranched alkanes of at least 4 members (excludes halogenated alkanes) is 1. The van der Waals surface area contributed by atoms with Crippen molar-refractivity contribution in [1.82, 2.24) is 5.32 Å². The van der Waals surface area contributed by atoms with Crippen LogP contribution >= 0.6 is 22.6 Å². The van der Waals surface area contributed by atoms with Crippen molar-refractivity contribution in [2.45, 2.75) is 25.7 Å². The van der Waals surface area contributed by atoms with Crippen LogP contribution in [0.1, 0.15) is 25.7 Å². The molecule has 1 aliphatic heterocycles. The molecule has 1 unspecified atom stereocenters. The lowest BCUT2D eigenvalue weighted by molar-refractivity contribution is -0.128. The van der Waals surface area contributed by atoms with E-state index in [0.29, 0.717) is 6.61 Å². The normalized spacial score (nSPS) is 21.9. The van der Waals surface area contributed by atoms with E-state index in [2.05, 4.69) is 27.9 Å². The van der Waals surface area contributed by atoms with E-state index in [9.17, 15) is 4.79 Å². The Bertz CT molecular complexity index is 170. The molecule has 0 spiro atoms. The first kappa shape index (κ1) is 12.2. The van der Waals surface area contributed by atoms with Gasteiger partial charge in [0, 0.05) is 13.2 Å². The second-order valence-corrected chi connectivity index (χ2v) is 4.68. The van der Waals surface area contributed by atoms with Crippen molar-refractivity contribution in [1.29, 1.82) is 0 Å². The van der Waals surface area contributed by atoms with Gasteiger partial charge in [-0.2, -0.15) is 0 Å². The van der Waals surface area contributed by atoms with Gasteiger partial charge >= 0.3 is 0 Å². The van der Waals surface area contributed by atoms with Gasteiger partial charge < -0.3 is 10.1 Å². The number of carbonyl (C=O) groups excluding carboxylic acids is 1. The van der Waals surface area contributed by atoms with Crippen LogP contribution in [-0.4, -0.2) is 30.1 Å². The average Bonchev–Trinajstić information content (AvgIpc) is 2.25. The molecule has 1 amide bonds. The smallest absolute Gasteiger partial charge is 0.225 e. The van der Waals surface area contributed by atoms with Gasteiger partial charge in [0.05, 0.1) is 12.5 Å². The van der Waals surface area contributed by atoms with Crippen LogP contribution in [0.3, 0.4) is 0 Å². The number of nitrogens with one attached hydrogen (secondary N) is 1. The fourth-order valence-corrected chi connectivity index (χ4v) is 2.06. The number of amides is 1. The monoisotopic (exact) mass is 311 g/mol. The number of hydrogen-bond acceptors (Lipinski definition) is 2. The molecule has 0 aromatic rings. The van der Waals surface area contributed by atoms with Gasteiger partial charge in [-0.05, 0) is 30.1 Å². The first-order chi connectivity index (χ1) is 6.84. The van der Waals surface area contributed by atoms with Crippen molar-refractivity contribution < 1.29 is 9.53 Å². The van der Waals surface area contributed by atoms with E-state index < -0.39 is 0 Å². The van der Waals surface area contributed by atoms with Gasteiger partial charge in [0.1, 0.15) is 0 Å². The van der Waals surface area contributed by atoms with Gasteiger partial charge in [-0.15, -0.1) is 0 Å². The van der Waals surface area contributed by atoms with Crippen LogP contribution in [0, 0.1) is 5.92 Å². The highest BCUT2D eigenvalue weighted by molar-refractivity contribution is 14.1. The van der Waals surface area contributed by atoms with E-state index in [0.717, 1.165) is 32.4 Å². The topological polar surface area (TPSA) is 38.3 Å². The minimum atomic E-state index is 0.100. The van der Waals surface area contributed by atoms with Gasteiger partial charge in [-0.25, -0.2) is 0 Å². The lowest BCUT2D eigenvalue weighted by Crippen LogP contribution is -2.36. The maximum absolute atomic E-state index is 11.6. The van der Waals surface area contributed by atoms with Crippen molar-refractivity contribution in [3.8, 4) is 0 Å². The van der Waals surface area contributed by atoms with E-state index in [1.165, 1.54) is 10.8 Å². The van der Waals surface area contributed by atoms with Crippen LogP contribution in [0.4, 0.5) is 0 Å². The molecule has 4 heteroatoms. The molecule has 0 bridgehead atoms. The van der Waals surface area contributed by atoms with Crippen LogP contribution in [0.25, 0.3) is 0 Å². The van der Waals surface area contributed by atoms with Gasteiger partial charge in [-0.3, -0.25) is 4.79 Å². The number of rotatable bonds is 5. The summed E-state index contributed by atoms with van der Waals surface area (Å²) < 4.78 is 6.44. The zero-order valence-electron chi connectivity index (χ0n) is 8.43. The van der Waals surface area contributed by atoms with Gasteiger partial charge in [0.25, 0.3) is 0 Å². The predicted octanol–water partition coefficient (Wildman–Crippen LogP) is 1.74. The van der Waals surface area contributed by atoms with Crippen molar-refractivity contribution in [2.24, 2.45) is 5.92 Å². The Hall–Kier alpha value is 0.160. The summed E-state index contributed by atoms with van der Waals surface area (Å²) in [6, 6.07) is 0. The molecule has 0 saturated carbocycles. The second kappa shape index (κ2) is 7.45. The van der Waals surface area contributed by atoms with Crippen molar-refractivity contribution in [2.75, 3.05) is 24.2 Å². The molecule has 1 saturated heterocycles. The van der Waals surface area contributed by atoms with Gasteiger partial charge in [0.15, 0.2) is 0 Å². The van der Waals surface area contributed by atoms with E-state index in [1.807, 2.05) is 0 Å². The summed E-state index contributed by atoms with van der Waals surface area (Å²) in [5, 5.41) is 2.96. The van der Waals surface area contributed by atoms with E-state index in [4.69, 9.17) is 4.74 Å². The van der Waals surface area contributed by atoms with E-state index in [-0.39, 0.29) is 11.8 Å². The molecule has 1 N–H and O–H groups in total. The Morgan fingerprint density at radius 2 is 2.36 bits per heavy atom. The Labute approximate surface area is 99.1 Å². The first-order valence-electron chi connectivity index (χ1n) is 5.26. The minimum Gasteiger partial charge on any atom is -0.381 e. The Morgan fingerprint density at radius 3 is 3.00 bits per heavy atom. The fraction of sp³-hybridized carbons (Fsp3) is 0.900. The SMILES string of the molecule is O=C(NCCCCI)C1CCCOC1. The Morgan fingerprint density at radius 1 is 1.50 bits per heavy atom. The highest BCUT2D eigenvalue weighted by atomic mass is 127. The molecule has 1 fully saturated rings. The van der Waals surface area contributed by atoms with Crippen LogP contribution in [0.5, 0.6) is 0 Å². The van der Waals surface area contributed by atoms with Crippen molar-refractivity contribution in [3.63, 3.8) is 0 Å². The van der Waals surface area contributed by atoms with Crippen molar-refractivity contribution >= 4 is 28.5 Å². The standard InChI is InChI=1S/C10H18INO2/c11-5-1-2-6-12-10(13)9-4-3-7-14-8-9/h9H,1-8H2,(H,12,13). The van der Waals surface area contributed by atoms with Gasteiger partial charge in [0.2, 0.25) is 5.91 Å². The molecule has 3 nitrogen and oxygen atoms in total. The summed E-state index contributed by atoms with van der Waals surface area (Å²) in [6.07, 6.45) is 4.27. The van der Waals surface area contributed by atoms with Crippen LogP contribution in [0.2, 0.25) is 0 Å². The molecule has 0 aromatic heterocycles. The summed E-state index contributed by atoms with van der Waals surface area (Å²) >= 11 is 2.36. The maximum Gasteiger partial charge on any atom is 0.225 e. The number of ether oxygens (including phenoxy) is 1. The molecule has 14 heavy (non-hydrogen) atoms. The third kappa shape index (κ3) is 4.59. The average molecular weight is 311 g/mol. The molecule has 0 aromatic carbocycles. The molecule has 82 valence electrons.